The summed E-state index contributed by atoms with van der Waals surface area (Å²) in [5, 5.41) is 4.18. The molecule has 1 aliphatic heterocycles. The van der Waals surface area contributed by atoms with Crippen LogP contribution < -0.4 is 11.1 Å². The summed E-state index contributed by atoms with van der Waals surface area (Å²) in [5.41, 5.74) is -0.186. The fraction of sp³-hybridized carbons (Fsp3) is 0.438. The first kappa shape index (κ1) is 17.6. The average molecular weight is 360 g/mol. The van der Waals surface area contributed by atoms with Gasteiger partial charge in [0.25, 0.3) is 5.91 Å². The molecule has 0 spiro atoms. The van der Waals surface area contributed by atoms with Gasteiger partial charge in [-0.25, -0.2) is 9.48 Å². The van der Waals surface area contributed by atoms with Gasteiger partial charge in [-0.15, -0.1) is 0 Å². The molecule has 0 unspecified atom stereocenters. The van der Waals surface area contributed by atoms with E-state index in [1.807, 2.05) is 0 Å². The minimum atomic E-state index is -0.410. The molecule has 138 valence electrons. The van der Waals surface area contributed by atoms with Crippen LogP contribution in [0.2, 0.25) is 0 Å². The van der Waals surface area contributed by atoms with Crippen LogP contribution in [0.4, 0.5) is 0 Å². The van der Waals surface area contributed by atoms with Gasteiger partial charge >= 0.3 is 5.69 Å². The topological polar surface area (TPSA) is 113 Å². The molecule has 0 radical (unpaired) electrons. The summed E-state index contributed by atoms with van der Waals surface area (Å²) in [5.74, 6) is -0.264. The van der Waals surface area contributed by atoms with Crippen molar-refractivity contribution in [2.45, 2.75) is 26.6 Å². The second-order valence-electron chi connectivity index (χ2n) is 6.40. The lowest BCUT2D eigenvalue weighted by Crippen LogP contribution is -2.42. The number of hydrogen-bond acceptors (Lipinski definition) is 5. The number of carbonyl (C=O) groups is 2. The van der Waals surface area contributed by atoms with Crippen LogP contribution in [-0.4, -0.2) is 61.6 Å². The van der Waals surface area contributed by atoms with E-state index in [9.17, 15) is 19.2 Å². The van der Waals surface area contributed by atoms with Crippen LogP contribution in [0.1, 0.15) is 21.7 Å². The Morgan fingerprint density at radius 3 is 2.65 bits per heavy atom. The minimum Gasteiger partial charge on any atom is -0.366 e. The first-order valence-corrected chi connectivity index (χ1v) is 8.13. The molecule has 0 saturated heterocycles. The van der Waals surface area contributed by atoms with Crippen LogP contribution in [0.5, 0.6) is 0 Å². The molecule has 0 aromatic carbocycles. The predicted molar refractivity (Wildman–Crippen MR) is 91.7 cm³/mol. The zero-order valence-electron chi connectivity index (χ0n) is 14.9. The van der Waals surface area contributed by atoms with Crippen molar-refractivity contribution >= 4 is 11.8 Å². The molecule has 0 bridgehead atoms. The largest absolute Gasteiger partial charge is 0.366 e. The fourth-order valence-corrected chi connectivity index (χ4v) is 2.77. The molecule has 3 rings (SSSR count). The Morgan fingerprint density at radius 2 is 1.96 bits per heavy atom. The van der Waals surface area contributed by atoms with E-state index in [0.29, 0.717) is 11.4 Å². The summed E-state index contributed by atoms with van der Waals surface area (Å²) in [4.78, 5) is 54.6. The highest BCUT2D eigenvalue weighted by atomic mass is 16.2. The highest BCUT2D eigenvalue weighted by Crippen LogP contribution is 2.11. The van der Waals surface area contributed by atoms with Gasteiger partial charge in [0.2, 0.25) is 5.91 Å². The predicted octanol–water partition coefficient (Wildman–Crippen LogP) is -1.21. The maximum atomic E-state index is 12.7. The van der Waals surface area contributed by atoms with Gasteiger partial charge in [0.05, 0.1) is 6.54 Å². The minimum absolute atomic E-state index is 0.0583. The molecule has 10 heteroatoms. The molecule has 26 heavy (non-hydrogen) atoms. The third-order valence-electron chi connectivity index (χ3n) is 4.36. The number of likely N-dealkylation sites (N-methyl/N-ethyl adjacent to an activating group) is 1. The van der Waals surface area contributed by atoms with Gasteiger partial charge in [0.1, 0.15) is 12.1 Å². The van der Waals surface area contributed by atoms with Crippen LogP contribution in [-0.2, 0) is 24.4 Å². The Morgan fingerprint density at radius 1 is 1.23 bits per heavy atom. The van der Waals surface area contributed by atoms with Crippen molar-refractivity contribution in [3.05, 3.63) is 50.1 Å². The van der Waals surface area contributed by atoms with Crippen molar-refractivity contribution in [3.8, 4) is 0 Å². The van der Waals surface area contributed by atoms with Crippen LogP contribution in [0, 0.1) is 6.92 Å². The van der Waals surface area contributed by atoms with Gasteiger partial charge < -0.3 is 14.8 Å². The van der Waals surface area contributed by atoms with Crippen molar-refractivity contribution in [2.24, 2.45) is 0 Å². The second kappa shape index (κ2) is 6.62. The molecule has 0 aliphatic carbocycles. The highest BCUT2D eigenvalue weighted by Gasteiger charge is 2.27. The van der Waals surface area contributed by atoms with Gasteiger partial charge in [-0.3, -0.25) is 19.0 Å². The Balaban J connectivity index is 1.85. The Labute approximate surface area is 148 Å². The molecule has 2 aromatic rings. The highest BCUT2D eigenvalue weighted by molar-refractivity contribution is 5.94. The van der Waals surface area contributed by atoms with E-state index in [4.69, 9.17) is 0 Å². The van der Waals surface area contributed by atoms with Crippen LogP contribution >= 0.6 is 0 Å². The Kier molecular flexibility index (Phi) is 4.49. The number of pyridine rings is 1. The number of H-pyrrole nitrogens is 1. The van der Waals surface area contributed by atoms with Crippen LogP contribution in [0.25, 0.3) is 0 Å². The van der Waals surface area contributed by atoms with E-state index in [1.165, 1.54) is 26.8 Å². The van der Waals surface area contributed by atoms with Gasteiger partial charge in [-0.2, -0.15) is 5.10 Å². The standard InChI is InChI=1S/C16H20N6O4/c1-10-6-17-7-11(14(10)24)15(25)20-4-5-21-12(8-20)18-22(16(21)26)9-13(23)19(2)3/h6-7H,4-5,8-9H2,1-3H3,(H,17,24). The summed E-state index contributed by atoms with van der Waals surface area (Å²) in [7, 11) is 3.20. The summed E-state index contributed by atoms with van der Waals surface area (Å²) < 4.78 is 2.55. The summed E-state index contributed by atoms with van der Waals surface area (Å²) in [6.07, 6.45) is 2.92. The smallest absolute Gasteiger partial charge is 0.346 e. The van der Waals surface area contributed by atoms with E-state index in [0.717, 1.165) is 4.68 Å². The first-order valence-electron chi connectivity index (χ1n) is 8.13. The number of aromatic amines is 1. The van der Waals surface area contributed by atoms with E-state index in [2.05, 4.69) is 10.1 Å². The van der Waals surface area contributed by atoms with Gasteiger partial charge in [0, 0.05) is 45.1 Å². The summed E-state index contributed by atoms with van der Waals surface area (Å²) in [6.45, 7) is 2.13. The van der Waals surface area contributed by atoms with Gasteiger partial charge in [0.15, 0.2) is 11.3 Å². The summed E-state index contributed by atoms with van der Waals surface area (Å²) in [6, 6.07) is 0. The van der Waals surface area contributed by atoms with E-state index >= 15 is 0 Å². The van der Waals surface area contributed by atoms with E-state index < -0.39 is 5.91 Å². The number of nitrogens with zero attached hydrogens (tertiary/aromatic N) is 5. The van der Waals surface area contributed by atoms with Crippen molar-refractivity contribution in [1.82, 2.24) is 29.1 Å². The maximum absolute atomic E-state index is 12.7. The molecule has 10 nitrogen and oxygen atoms in total. The number of rotatable bonds is 3. The van der Waals surface area contributed by atoms with E-state index in [1.54, 1.807) is 21.0 Å². The number of hydrogen-bond donors (Lipinski definition) is 1. The van der Waals surface area contributed by atoms with Crippen LogP contribution in [0.15, 0.2) is 22.0 Å². The van der Waals surface area contributed by atoms with Gasteiger partial charge in [-0.1, -0.05) is 0 Å². The first-order chi connectivity index (χ1) is 12.3. The molecule has 0 atom stereocenters. The molecule has 0 fully saturated rings. The maximum Gasteiger partial charge on any atom is 0.346 e. The molecule has 2 aromatic heterocycles. The lowest BCUT2D eigenvalue weighted by Gasteiger charge is -2.26. The normalized spacial score (nSPS) is 13.4. The Hall–Kier alpha value is -3.17. The third kappa shape index (κ3) is 3.05. The fourth-order valence-electron chi connectivity index (χ4n) is 2.77. The van der Waals surface area contributed by atoms with Crippen molar-refractivity contribution < 1.29 is 9.59 Å². The summed E-state index contributed by atoms with van der Waals surface area (Å²) >= 11 is 0. The molecule has 1 N–H and O–H groups in total. The molecule has 0 saturated carbocycles. The number of fused-ring (bicyclic) bond motifs is 1. The molecular weight excluding hydrogens is 340 g/mol. The van der Waals surface area contributed by atoms with Crippen molar-refractivity contribution in [3.63, 3.8) is 0 Å². The van der Waals surface area contributed by atoms with E-state index in [-0.39, 0.29) is 48.8 Å². The lowest BCUT2D eigenvalue weighted by molar-refractivity contribution is -0.129. The molecule has 3 heterocycles. The zero-order valence-corrected chi connectivity index (χ0v) is 14.9. The monoisotopic (exact) mass is 360 g/mol. The van der Waals surface area contributed by atoms with Gasteiger partial charge in [-0.05, 0) is 6.92 Å². The quantitative estimate of drug-likeness (QED) is 0.738. The van der Waals surface area contributed by atoms with Crippen molar-refractivity contribution in [2.75, 3.05) is 20.6 Å². The molecule has 2 amide bonds. The lowest BCUT2D eigenvalue weighted by atomic mass is 10.1. The molecule has 1 aliphatic rings. The average Bonchev–Trinajstić information content (AvgIpc) is 2.92. The number of amides is 2. The number of aromatic nitrogens is 4. The number of aryl methyl sites for hydroxylation is 1. The Bertz CT molecular complexity index is 983. The van der Waals surface area contributed by atoms with Crippen LogP contribution in [0.3, 0.4) is 0 Å². The number of nitrogens with one attached hydrogen (secondary N) is 1. The van der Waals surface area contributed by atoms with Crippen molar-refractivity contribution in [1.29, 1.82) is 0 Å². The molecular formula is C16H20N6O4. The second-order valence-corrected chi connectivity index (χ2v) is 6.40. The third-order valence-corrected chi connectivity index (χ3v) is 4.36. The zero-order chi connectivity index (χ0) is 19.0. The SMILES string of the molecule is Cc1c[nH]cc(C(=O)N2CCn3c(nn(CC(=O)N(C)C)c3=O)C2)c1=O. The number of carbonyl (C=O) groups excluding carboxylic acids is 2.